The summed E-state index contributed by atoms with van der Waals surface area (Å²) in [6.45, 7) is 2.07. The fourth-order valence-corrected chi connectivity index (χ4v) is 5.29. The molecule has 0 spiro atoms. The monoisotopic (exact) mass is 652 g/mol. The van der Waals surface area contributed by atoms with Crippen LogP contribution in [0.3, 0.4) is 0 Å². The lowest BCUT2D eigenvalue weighted by molar-refractivity contribution is -0.696. The minimum absolute atomic E-state index is 0. The highest BCUT2D eigenvalue weighted by Gasteiger charge is 2.06. The predicted molar refractivity (Wildman–Crippen MR) is 157 cm³/mol. The molecule has 40 heavy (non-hydrogen) atoms. The maximum absolute atomic E-state index is 2.30. The van der Waals surface area contributed by atoms with Crippen LogP contribution in [0.1, 0.15) is 24.0 Å². The molecule has 0 aliphatic heterocycles. The molecule has 0 unspecified atom stereocenters. The number of pyridine rings is 2. The average Bonchev–Trinajstić information content (AvgIpc) is 2.98. The van der Waals surface area contributed by atoms with Crippen LogP contribution in [0.15, 0.2) is 134 Å². The fourth-order valence-electron chi connectivity index (χ4n) is 5.29. The van der Waals surface area contributed by atoms with E-state index in [0.717, 1.165) is 38.8 Å². The van der Waals surface area contributed by atoms with Crippen LogP contribution >= 0.6 is 0 Å². The third-order valence-corrected chi connectivity index (χ3v) is 7.50. The van der Waals surface area contributed by atoms with E-state index in [1.807, 2.05) is 0 Å². The van der Waals surface area contributed by atoms with Crippen LogP contribution in [0, 0.1) is 0 Å². The Bertz CT molecular complexity index is 1530. The number of rotatable bonds is 9. The molecule has 0 radical (unpaired) electrons. The van der Waals surface area contributed by atoms with E-state index >= 15 is 0 Å². The molecule has 0 aliphatic rings. The Balaban J connectivity index is 0.00000185. The largest absolute Gasteiger partial charge is 1.00 e. The van der Waals surface area contributed by atoms with Gasteiger partial charge in [-0.05, 0) is 58.0 Å². The van der Waals surface area contributed by atoms with Gasteiger partial charge in [-0.2, -0.15) is 0 Å². The van der Waals surface area contributed by atoms with Gasteiger partial charge in [0.05, 0.1) is 0 Å². The molecule has 2 heterocycles. The zero-order chi connectivity index (χ0) is 25.6. The number of aromatic nitrogens is 2. The quantitative estimate of drug-likeness (QED) is 0.209. The van der Waals surface area contributed by atoms with Gasteiger partial charge in [-0.1, -0.05) is 84.9 Å². The molecular formula is C36H34Br2N2. The van der Waals surface area contributed by atoms with Gasteiger partial charge in [0.25, 0.3) is 0 Å². The second-order valence-electron chi connectivity index (χ2n) is 10.2. The van der Waals surface area contributed by atoms with E-state index in [2.05, 4.69) is 143 Å². The number of benzene rings is 4. The lowest BCUT2D eigenvalue weighted by atomic mass is 10.00. The molecule has 2 nitrogen and oxygen atoms in total. The van der Waals surface area contributed by atoms with Crippen LogP contribution in [0.4, 0.5) is 0 Å². The summed E-state index contributed by atoms with van der Waals surface area (Å²) in [4.78, 5) is 0. The molecule has 4 heteroatoms. The second kappa shape index (κ2) is 14.3. The Morgan fingerprint density at radius 1 is 0.400 bits per heavy atom. The highest BCUT2D eigenvalue weighted by Crippen LogP contribution is 2.21. The van der Waals surface area contributed by atoms with Crippen molar-refractivity contribution in [1.82, 2.24) is 0 Å². The van der Waals surface area contributed by atoms with Crippen molar-refractivity contribution in [2.75, 3.05) is 0 Å². The molecule has 0 atom stereocenters. The summed E-state index contributed by atoms with van der Waals surface area (Å²) in [6.07, 6.45) is 13.3. The van der Waals surface area contributed by atoms with Crippen molar-refractivity contribution in [3.8, 4) is 11.1 Å². The van der Waals surface area contributed by atoms with Gasteiger partial charge in [0.1, 0.15) is 13.1 Å². The molecule has 0 saturated heterocycles. The van der Waals surface area contributed by atoms with Crippen LogP contribution in [-0.4, -0.2) is 0 Å². The van der Waals surface area contributed by atoms with E-state index in [9.17, 15) is 0 Å². The third-order valence-electron chi connectivity index (χ3n) is 7.50. The first-order chi connectivity index (χ1) is 18.8. The zero-order valence-electron chi connectivity index (χ0n) is 22.6. The molecule has 0 fully saturated rings. The highest BCUT2D eigenvalue weighted by atomic mass is 79.9. The standard InChI is InChI=1S/C36H34N2.2BrH/c1-3-11-35-27-37(25-21-31(35)9-1)23-5-7-29-13-17-33(18-14-29)34-19-15-30(16-20-34)8-6-24-38-26-22-32-10-2-4-12-36(32)28-38;;/h1-4,9-22,25-28H,5-8,23-24H2;2*1H/q+2;;/p-2. The average molecular weight is 654 g/mol. The normalized spacial score (nSPS) is 10.7. The van der Waals surface area contributed by atoms with Crippen LogP contribution in [0.5, 0.6) is 0 Å². The molecule has 0 aliphatic carbocycles. The van der Waals surface area contributed by atoms with Crippen LogP contribution < -0.4 is 43.1 Å². The van der Waals surface area contributed by atoms with Crippen LogP contribution in [0.2, 0.25) is 0 Å². The third kappa shape index (κ3) is 7.44. The molecular weight excluding hydrogens is 620 g/mol. The number of halogens is 2. The first kappa shape index (κ1) is 29.6. The summed E-state index contributed by atoms with van der Waals surface area (Å²) in [5.41, 5.74) is 5.38. The fraction of sp³-hybridized carbons (Fsp3) is 0.167. The van der Waals surface area contributed by atoms with Gasteiger partial charge in [0, 0.05) is 35.7 Å². The Morgan fingerprint density at radius 3 is 1.18 bits per heavy atom. The highest BCUT2D eigenvalue weighted by molar-refractivity contribution is 5.81. The molecule has 0 saturated carbocycles. The molecule has 4 aromatic carbocycles. The smallest absolute Gasteiger partial charge is 0.176 e. The summed E-state index contributed by atoms with van der Waals surface area (Å²) < 4.78 is 4.61. The topological polar surface area (TPSA) is 7.76 Å². The Morgan fingerprint density at radius 2 is 0.775 bits per heavy atom. The van der Waals surface area contributed by atoms with Crippen molar-refractivity contribution in [1.29, 1.82) is 0 Å². The van der Waals surface area contributed by atoms with Crippen molar-refractivity contribution < 1.29 is 43.1 Å². The number of nitrogens with zero attached hydrogens (tertiary/aromatic N) is 2. The minimum atomic E-state index is 0. The van der Waals surface area contributed by atoms with Crippen molar-refractivity contribution in [3.05, 3.63) is 145 Å². The van der Waals surface area contributed by atoms with E-state index in [1.54, 1.807) is 0 Å². The van der Waals surface area contributed by atoms with Gasteiger partial charge in [0.2, 0.25) is 0 Å². The SMILES string of the molecule is [Br-].[Br-].c1ccc2c[n+](CCCc3ccc(-c4ccc(CCC[n+]5ccc6ccccc6c5)cc4)cc3)ccc2c1. The summed E-state index contributed by atoms with van der Waals surface area (Å²) in [7, 11) is 0. The summed E-state index contributed by atoms with van der Waals surface area (Å²) >= 11 is 0. The Kier molecular flexibility index (Phi) is 10.6. The predicted octanol–water partition coefficient (Wildman–Crippen LogP) is 1.51. The van der Waals surface area contributed by atoms with Crippen molar-refractivity contribution in [3.63, 3.8) is 0 Å². The Labute approximate surface area is 258 Å². The maximum atomic E-state index is 2.30. The van der Waals surface area contributed by atoms with Crippen molar-refractivity contribution in [2.24, 2.45) is 0 Å². The molecule has 2 aromatic heterocycles. The number of aryl methyl sites for hydroxylation is 4. The van der Waals surface area contributed by atoms with Gasteiger partial charge in [0.15, 0.2) is 24.8 Å². The van der Waals surface area contributed by atoms with E-state index in [0.29, 0.717) is 0 Å². The zero-order valence-corrected chi connectivity index (χ0v) is 25.8. The molecule has 202 valence electrons. The first-order valence-electron chi connectivity index (χ1n) is 13.7. The van der Waals surface area contributed by atoms with E-state index in [1.165, 1.54) is 43.8 Å². The van der Waals surface area contributed by atoms with E-state index in [4.69, 9.17) is 0 Å². The van der Waals surface area contributed by atoms with Crippen LogP contribution in [-0.2, 0) is 25.9 Å². The van der Waals surface area contributed by atoms with Gasteiger partial charge in [-0.3, -0.25) is 0 Å². The lowest BCUT2D eigenvalue weighted by Gasteiger charge is -2.06. The number of hydrogen-bond donors (Lipinski definition) is 0. The van der Waals surface area contributed by atoms with E-state index in [-0.39, 0.29) is 34.0 Å². The molecule has 0 bridgehead atoms. The van der Waals surface area contributed by atoms with Crippen molar-refractivity contribution >= 4 is 21.5 Å². The van der Waals surface area contributed by atoms with Crippen molar-refractivity contribution in [2.45, 2.75) is 38.8 Å². The number of fused-ring (bicyclic) bond motifs is 2. The van der Waals surface area contributed by atoms with Gasteiger partial charge in [-0.15, -0.1) is 0 Å². The summed E-state index contributed by atoms with van der Waals surface area (Å²) in [5, 5.41) is 5.20. The number of hydrogen-bond acceptors (Lipinski definition) is 0. The molecule has 6 rings (SSSR count). The molecule has 6 aromatic rings. The van der Waals surface area contributed by atoms with Crippen LogP contribution in [0.25, 0.3) is 32.7 Å². The summed E-state index contributed by atoms with van der Waals surface area (Å²) in [6, 6.07) is 39.7. The van der Waals surface area contributed by atoms with E-state index < -0.39 is 0 Å². The van der Waals surface area contributed by atoms with Gasteiger partial charge >= 0.3 is 0 Å². The first-order valence-corrected chi connectivity index (χ1v) is 13.7. The molecule has 0 amide bonds. The maximum Gasteiger partial charge on any atom is 0.176 e. The second-order valence-corrected chi connectivity index (χ2v) is 10.2. The van der Waals surface area contributed by atoms with Gasteiger partial charge in [-0.25, -0.2) is 9.13 Å². The Hall–Kier alpha value is -3.34. The molecule has 0 N–H and O–H groups in total. The van der Waals surface area contributed by atoms with Gasteiger partial charge < -0.3 is 34.0 Å². The minimum Gasteiger partial charge on any atom is -1.00 e. The lowest BCUT2D eigenvalue weighted by Crippen LogP contribution is -3.00. The summed E-state index contributed by atoms with van der Waals surface area (Å²) in [5.74, 6) is 0.